The van der Waals surface area contributed by atoms with E-state index in [1.165, 1.54) is 12.8 Å². The Hall–Kier alpha value is -1.05. The molecule has 0 saturated carbocycles. The van der Waals surface area contributed by atoms with Crippen molar-refractivity contribution in [1.29, 1.82) is 0 Å². The zero-order valence-corrected chi connectivity index (χ0v) is 13.5. The van der Waals surface area contributed by atoms with E-state index in [-0.39, 0.29) is 6.54 Å². The van der Waals surface area contributed by atoms with Gasteiger partial charge in [0.05, 0.1) is 0 Å². The van der Waals surface area contributed by atoms with E-state index in [1.54, 1.807) is 0 Å². The van der Waals surface area contributed by atoms with Gasteiger partial charge >= 0.3 is 0 Å². The molecule has 1 heterocycles. The lowest BCUT2D eigenvalue weighted by molar-refractivity contribution is 0.182. The van der Waals surface area contributed by atoms with Crippen molar-refractivity contribution in [1.82, 2.24) is 9.62 Å². The van der Waals surface area contributed by atoms with E-state index >= 15 is 0 Å². The maximum atomic E-state index is 13.5. The van der Waals surface area contributed by atoms with E-state index in [4.69, 9.17) is 0 Å². The quantitative estimate of drug-likeness (QED) is 0.814. The highest BCUT2D eigenvalue weighted by atomic mass is 32.2. The van der Waals surface area contributed by atoms with E-state index in [2.05, 4.69) is 16.5 Å². The van der Waals surface area contributed by atoms with Gasteiger partial charge in [0.25, 0.3) is 0 Å². The van der Waals surface area contributed by atoms with Crippen LogP contribution in [0.5, 0.6) is 0 Å². The van der Waals surface area contributed by atoms with E-state index < -0.39 is 26.6 Å². The normalized spacial score (nSPS) is 20.2. The average molecular weight is 332 g/mol. The second kappa shape index (κ2) is 7.48. The van der Waals surface area contributed by atoms with Crippen LogP contribution < -0.4 is 4.72 Å². The fraction of sp³-hybridized carbons (Fsp3) is 0.600. The van der Waals surface area contributed by atoms with Crippen molar-refractivity contribution in [2.75, 3.05) is 26.2 Å². The molecule has 1 aromatic carbocycles. The van der Waals surface area contributed by atoms with Gasteiger partial charge in [-0.1, -0.05) is 6.92 Å². The lowest BCUT2D eigenvalue weighted by atomic mass is 10.0. The Balaban J connectivity index is 1.82. The Morgan fingerprint density at radius 1 is 1.36 bits per heavy atom. The van der Waals surface area contributed by atoms with Crippen molar-refractivity contribution in [2.24, 2.45) is 5.92 Å². The molecule has 1 aromatic rings. The standard InChI is InChI=1S/C15H22F2N2O2S/c1-12-4-2-8-19(11-12)9-3-7-18-22(20,21)15-6-5-13(16)10-14(15)17/h5-6,10,12,18H,2-4,7-9,11H2,1H3/t12-/m0/s1. The summed E-state index contributed by atoms with van der Waals surface area (Å²) in [5.41, 5.74) is 0. The van der Waals surface area contributed by atoms with Gasteiger partial charge in [0.1, 0.15) is 16.5 Å². The molecular formula is C15H22F2N2O2S. The molecule has 4 nitrogen and oxygen atoms in total. The van der Waals surface area contributed by atoms with Crippen LogP contribution in [0.1, 0.15) is 26.2 Å². The number of rotatable bonds is 6. The fourth-order valence-corrected chi connectivity index (χ4v) is 3.90. The SMILES string of the molecule is C[C@H]1CCCN(CCCNS(=O)(=O)c2ccc(F)cc2F)C1. The second-order valence-electron chi connectivity index (χ2n) is 5.87. The summed E-state index contributed by atoms with van der Waals surface area (Å²) in [6, 6.07) is 2.45. The van der Waals surface area contributed by atoms with Crippen molar-refractivity contribution in [3.05, 3.63) is 29.8 Å². The number of benzene rings is 1. The van der Waals surface area contributed by atoms with Crippen molar-refractivity contribution < 1.29 is 17.2 Å². The molecule has 0 bridgehead atoms. The first-order valence-electron chi connectivity index (χ1n) is 7.55. The summed E-state index contributed by atoms with van der Waals surface area (Å²) in [6.07, 6.45) is 3.08. The van der Waals surface area contributed by atoms with Gasteiger partial charge in [-0.3, -0.25) is 0 Å². The number of hydrogen-bond donors (Lipinski definition) is 1. The number of likely N-dealkylation sites (tertiary alicyclic amines) is 1. The summed E-state index contributed by atoms with van der Waals surface area (Å²) in [7, 11) is -3.93. The number of halogens is 2. The number of hydrogen-bond acceptors (Lipinski definition) is 3. The minimum absolute atomic E-state index is 0.240. The highest BCUT2D eigenvalue weighted by Crippen LogP contribution is 2.16. The predicted octanol–water partition coefficient (Wildman–Crippen LogP) is 2.37. The van der Waals surface area contributed by atoms with Gasteiger partial charge in [0, 0.05) is 19.2 Å². The Kier molecular flexibility index (Phi) is 5.88. The molecule has 0 unspecified atom stereocenters. The lowest BCUT2D eigenvalue weighted by Gasteiger charge is -2.30. The smallest absolute Gasteiger partial charge is 0.243 e. The maximum Gasteiger partial charge on any atom is 0.243 e. The first kappa shape index (κ1) is 17.3. The largest absolute Gasteiger partial charge is 0.303 e. The summed E-state index contributed by atoms with van der Waals surface area (Å²) < 4.78 is 52.7. The first-order chi connectivity index (χ1) is 10.4. The molecule has 1 aliphatic rings. The van der Waals surface area contributed by atoms with E-state index in [9.17, 15) is 17.2 Å². The average Bonchev–Trinajstić information content (AvgIpc) is 2.43. The third-order valence-corrected chi connectivity index (χ3v) is 5.36. The minimum atomic E-state index is -3.93. The van der Waals surface area contributed by atoms with Crippen LogP contribution in [0.4, 0.5) is 8.78 Å². The van der Waals surface area contributed by atoms with Crippen molar-refractivity contribution in [2.45, 2.75) is 31.1 Å². The molecule has 1 aliphatic heterocycles. The van der Waals surface area contributed by atoms with Gasteiger partial charge in [-0.25, -0.2) is 21.9 Å². The molecular weight excluding hydrogens is 310 g/mol. The molecule has 0 spiro atoms. The van der Waals surface area contributed by atoms with Crippen molar-refractivity contribution >= 4 is 10.0 Å². The third kappa shape index (κ3) is 4.72. The van der Waals surface area contributed by atoms with Crippen LogP contribution in [0.25, 0.3) is 0 Å². The van der Waals surface area contributed by atoms with Gasteiger partial charge in [-0.2, -0.15) is 0 Å². The number of nitrogens with zero attached hydrogens (tertiary/aromatic N) is 1. The van der Waals surface area contributed by atoms with Gasteiger partial charge in [0.2, 0.25) is 10.0 Å². The van der Waals surface area contributed by atoms with Gasteiger partial charge in [-0.05, 0) is 50.4 Å². The Morgan fingerprint density at radius 2 is 2.14 bits per heavy atom. The number of sulfonamides is 1. The summed E-state index contributed by atoms with van der Waals surface area (Å²) >= 11 is 0. The molecule has 0 amide bonds. The van der Waals surface area contributed by atoms with E-state index in [0.717, 1.165) is 31.8 Å². The van der Waals surface area contributed by atoms with E-state index in [0.29, 0.717) is 18.4 Å². The van der Waals surface area contributed by atoms with Crippen LogP contribution in [0, 0.1) is 17.6 Å². The fourth-order valence-electron chi connectivity index (χ4n) is 2.77. The second-order valence-corrected chi connectivity index (χ2v) is 7.61. The van der Waals surface area contributed by atoms with Crippen LogP contribution in [0.3, 0.4) is 0 Å². The van der Waals surface area contributed by atoms with E-state index in [1.807, 2.05) is 0 Å². The van der Waals surface area contributed by atoms with Crippen molar-refractivity contribution in [3.8, 4) is 0 Å². The first-order valence-corrected chi connectivity index (χ1v) is 9.04. The number of nitrogens with one attached hydrogen (secondary N) is 1. The zero-order valence-electron chi connectivity index (χ0n) is 12.7. The van der Waals surface area contributed by atoms with Gasteiger partial charge in [-0.15, -0.1) is 0 Å². The Labute approximate surface area is 130 Å². The highest BCUT2D eigenvalue weighted by Gasteiger charge is 2.20. The summed E-state index contributed by atoms with van der Waals surface area (Å²) in [4.78, 5) is 1.81. The summed E-state index contributed by atoms with van der Waals surface area (Å²) in [5.74, 6) is -1.19. The minimum Gasteiger partial charge on any atom is -0.303 e. The monoisotopic (exact) mass is 332 g/mol. The van der Waals surface area contributed by atoms with Gasteiger partial charge in [0.15, 0.2) is 0 Å². The molecule has 1 N–H and O–H groups in total. The molecule has 0 radical (unpaired) electrons. The molecule has 22 heavy (non-hydrogen) atoms. The van der Waals surface area contributed by atoms with Crippen LogP contribution >= 0.6 is 0 Å². The highest BCUT2D eigenvalue weighted by molar-refractivity contribution is 7.89. The van der Waals surface area contributed by atoms with Crippen molar-refractivity contribution in [3.63, 3.8) is 0 Å². The molecule has 2 rings (SSSR count). The van der Waals surface area contributed by atoms with Crippen LogP contribution in [0.2, 0.25) is 0 Å². The summed E-state index contributed by atoms with van der Waals surface area (Å²) in [5, 5.41) is 0. The summed E-state index contributed by atoms with van der Waals surface area (Å²) in [6.45, 7) is 5.36. The topological polar surface area (TPSA) is 49.4 Å². The molecule has 124 valence electrons. The lowest BCUT2D eigenvalue weighted by Crippen LogP contribution is -2.36. The van der Waals surface area contributed by atoms with Crippen LogP contribution in [-0.2, 0) is 10.0 Å². The number of piperidine rings is 1. The third-order valence-electron chi connectivity index (χ3n) is 3.87. The predicted molar refractivity (Wildman–Crippen MR) is 81.0 cm³/mol. The molecule has 1 saturated heterocycles. The van der Waals surface area contributed by atoms with Crippen LogP contribution in [-0.4, -0.2) is 39.5 Å². The maximum absolute atomic E-state index is 13.5. The molecule has 7 heteroatoms. The Morgan fingerprint density at radius 3 is 2.82 bits per heavy atom. The molecule has 0 aromatic heterocycles. The zero-order chi connectivity index (χ0) is 16.2. The Bertz CT molecular complexity index is 608. The van der Waals surface area contributed by atoms with Gasteiger partial charge < -0.3 is 4.90 Å². The van der Waals surface area contributed by atoms with Crippen LogP contribution in [0.15, 0.2) is 23.1 Å². The molecule has 0 aliphatic carbocycles. The molecule has 1 fully saturated rings. The molecule has 1 atom stereocenters.